The number of hydrogen-bond donors (Lipinski definition) is 2. The monoisotopic (exact) mass is 322 g/mol. The Labute approximate surface area is 133 Å². The molecule has 2 aromatic rings. The highest BCUT2D eigenvalue weighted by atomic mass is 35.5. The number of benzene rings is 1. The van der Waals surface area contributed by atoms with Crippen LogP contribution in [0.3, 0.4) is 0 Å². The van der Waals surface area contributed by atoms with Crippen molar-refractivity contribution in [1.82, 2.24) is 4.98 Å². The van der Waals surface area contributed by atoms with Crippen LogP contribution in [0.2, 0.25) is 5.02 Å². The third kappa shape index (κ3) is 4.65. The summed E-state index contributed by atoms with van der Waals surface area (Å²) in [6.07, 6.45) is 1.92. The van der Waals surface area contributed by atoms with Crippen molar-refractivity contribution < 1.29 is 9.53 Å². The number of carbonyl (C=O) groups excluding carboxylic acids is 1. The molecule has 2 rings (SSSR count). The average molecular weight is 323 g/mol. The molecule has 1 aromatic carbocycles. The second-order valence-electron chi connectivity index (χ2n) is 4.42. The first kappa shape index (κ1) is 15.7. The van der Waals surface area contributed by atoms with E-state index in [1.807, 2.05) is 13.0 Å². The van der Waals surface area contributed by atoms with Gasteiger partial charge in [0.25, 0.3) is 0 Å². The number of carbonyl (C=O) groups is 1. The average Bonchev–Trinajstić information content (AvgIpc) is 2.45. The fraction of sp³-hybridized carbons (Fsp3) is 0.200. The van der Waals surface area contributed by atoms with E-state index in [0.717, 1.165) is 5.56 Å². The summed E-state index contributed by atoms with van der Waals surface area (Å²) < 4.78 is 5.63. The van der Waals surface area contributed by atoms with Crippen molar-refractivity contribution in [1.29, 1.82) is 0 Å². The van der Waals surface area contributed by atoms with Crippen LogP contribution in [0.15, 0.2) is 36.5 Å². The van der Waals surface area contributed by atoms with Gasteiger partial charge in [-0.1, -0.05) is 11.6 Å². The molecule has 6 heteroatoms. The van der Waals surface area contributed by atoms with Gasteiger partial charge in [-0.05, 0) is 42.5 Å². The van der Waals surface area contributed by atoms with Gasteiger partial charge in [-0.3, -0.25) is 4.79 Å². The lowest BCUT2D eigenvalue weighted by Crippen LogP contribution is -2.11. The van der Waals surface area contributed by atoms with Gasteiger partial charge in [-0.2, -0.15) is 12.6 Å². The van der Waals surface area contributed by atoms with E-state index in [1.54, 1.807) is 30.5 Å². The number of aromatic nitrogens is 1. The first-order valence-electron chi connectivity index (χ1n) is 6.39. The number of aryl methyl sites for hydroxylation is 1. The quantitative estimate of drug-likeness (QED) is 0.815. The molecule has 0 aliphatic rings. The number of halogens is 1. The topological polar surface area (TPSA) is 51.2 Å². The number of rotatable bonds is 5. The van der Waals surface area contributed by atoms with Crippen molar-refractivity contribution in [2.45, 2.75) is 13.3 Å². The Morgan fingerprint density at radius 2 is 2.19 bits per heavy atom. The summed E-state index contributed by atoms with van der Waals surface area (Å²) in [7, 11) is 0. The number of amides is 1. The van der Waals surface area contributed by atoms with Crippen LogP contribution in [0.25, 0.3) is 0 Å². The van der Waals surface area contributed by atoms with E-state index < -0.39 is 0 Å². The highest BCUT2D eigenvalue weighted by molar-refractivity contribution is 7.80. The van der Waals surface area contributed by atoms with Crippen LogP contribution in [0.1, 0.15) is 12.0 Å². The summed E-state index contributed by atoms with van der Waals surface area (Å²) >= 11 is 9.97. The largest absolute Gasteiger partial charge is 0.439 e. The van der Waals surface area contributed by atoms with Crippen LogP contribution in [0.4, 0.5) is 5.69 Å². The maximum Gasteiger partial charge on any atom is 0.225 e. The number of ether oxygens (including phenoxy) is 1. The Morgan fingerprint density at radius 3 is 2.81 bits per heavy atom. The SMILES string of the molecule is Cc1cc(Oc2ccc(NC(=O)CCS)cn2)ccc1Cl. The van der Waals surface area contributed by atoms with Crippen molar-refractivity contribution in [3.8, 4) is 11.6 Å². The molecule has 0 saturated heterocycles. The standard InChI is InChI=1S/C15H15ClN2O2S/c1-10-8-12(3-4-13(10)16)20-15-5-2-11(9-17-15)18-14(19)6-7-21/h2-5,8-9,21H,6-7H2,1H3,(H,18,19). The predicted octanol–water partition coefficient (Wildman–Crippen LogP) is 4.09. The third-order valence-electron chi connectivity index (χ3n) is 2.71. The Balaban J connectivity index is 2.01. The molecule has 0 bridgehead atoms. The summed E-state index contributed by atoms with van der Waals surface area (Å²) in [5, 5.41) is 3.42. The lowest BCUT2D eigenvalue weighted by atomic mass is 10.2. The highest BCUT2D eigenvalue weighted by Crippen LogP contribution is 2.25. The van der Waals surface area contributed by atoms with E-state index >= 15 is 0 Å². The molecule has 0 spiro atoms. The molecule has 0 fully saturated rings. The molecule has 0 atom stereocenters. The molecule has 0 radical (unpaired) electrons. The molecule has 4 nitrogen and oxygen atoms in total. The maximum atomic E-state index is 11.4. The fourth-order valence-corrected chi connectivity index (χ4v) is 1.96. The lowest BCUT2D eigenvalue weighted by molar-refractivity contribution is -0.115. The van der Waals surface area contributed by atoms with Crippen molar-refractivity contribution in [2.24, 2.45) is 0 Å². The van der Waals surface area contributed by atoms with Crippen LogP contribution < -0.4 is 10.1 Å². The molecule has 1 heterocycles. The van der Waals surface area contributed by atoms with E-state index in [1.165, 1.54) is 0 Å². The molecule has 1 N–H and O–H groups in total. The van der Waals surface area contributed by atoms with Gasteiger partial charge in [0.2, 0.25) is 11.8 Å². The number of hydrogen-bond acceptors (Lipinski definition) is 4. The van der Waals surface area contributed by atoms with Crippen LogP contribution in [-0.4, -0.2) is 16.6 Å². The summed E-state index contributed by atoms with van der Waals surface area (Å²) in [4.78, 5) is 15.6. The molecular weight excluding hydrogens is 308 g/mol. The van der Waals surface area contributed by atoms with E-state index in [4.69, 9.17) is 16.3 Å². The zero-order valence-electron chi connectivity index (χ0n) is 11.5. The lowest BCUT2D eigenvalue weighted by Gasteiger charge is -2.08. The molecular formula is C15H15ClN2O2S. The maximum absolute atomic E-state index is 11.4. The summed E-state index contributed by atoms with van der Waals surface area (Å²) in [6, 6.07) is 8.83. The fourth-order valence-electron chi connectivity index (χ4n) is 1.64. The first-order chi connectivity index (χ1) is 10.1. The van der Waals surface area contributed by atoms with Crippen molar-refractivity contribution in [3.05, 3.63) is 47.1 Å². The van der Waals surface area contributed by atoms with Gasteiger partial charge in [0.1, 0.15) is 5.75 Å². The van der Waals surface area contributed by atoms with E-state index in [2.05, 4.69) is 22.9 Å². The smallest absolute Gasteiger partial charge is 0.225 e. The van der Waals surface area contributed by atoms with E-state index in [0.29, 0.717) is 34.5 Å². The van der Waals surface area contributed by atoms with Crippen LogP contribution >= 0.6 is 24.2 Å². The number of nitrogens with one attached hydrogen (secondary N) is 1. The molecule has 110 valence electrons. The third-order valence-corrected chi connectivity index (χ3v) is 3.36. The molecule has 0 unspecified atom stereocenters. The molecule has 0 saturated carbocycles. The van der Waals surface area contributed by atoms with Gasteiger partial charge in [-0.25, -0.2) is 4.98 Å². The minimum absolute atomic E-state index is 0.0891. The second-order valence-corrected chi connectivity index (χ2v) is 5.27. The number of anilines is 1. The van der Waals surface area contributed by atoms with Gasteiger partial charge in [0, 0.05) is 17.5 Å². The normalized spacial score (nSPS) is 10.2. The van der Waals surface area contributed by atoms with Gasteiger partial charge >= 0.3 is 0 Å². The minimum Gasteiger partial charge on any atom is -0.439 e. The number of pyridine rings is 1. The van der Waals surface area contributed by atoms with Crippen LogP contribution in [0.5, 0.6) is 11.6 Å². The predicted molar refractivity (Wildman–Crippen MR) is 87.6 cm³/mol. The Bertz CT molecular complexity index is 632. The Hall–Kier alpha value is -1.72. The minimum atomic E-state index is -0.0891. The molecule has 21 heavy (non-hydrogen) atoms. The van der Waals surface area contributed by atoms with Gasteiger partial charge < -0.3 is 10.1 Å². The first-order valence-corrected chi connectivity index (χ1v) is 7.40. The van der Waals surface area contributed by atoms with Gasteiger partial charge in [0.15, 0.2) is 0 Å². The van der Waals surface area contributed by atoms with Crippen molar-refractivity contribution >= 4 is 35.8 Å². The van der Waals surface area contributed by atoms with Crippen molar-refractivity contribution in [3.63, 3.8) is 0 Å². The summed E-state index contributed by atoms with van der Waals surface area (Å²) in [6.45, 7) is 1.91. The molecule has 1 amide bonds. The Kier molecular flexibility index (Phi) is 5.47. The number of thiol groups is 1. The van der Waals surface area contributed by atoms with Crippen LogP contribution in [-0.2, 0) is 4.79 Å². The van der Waals surface area contributed by atoms with Gasteiger partial charge in [0.05, 0.1) is 11.9 Å². The highest BCUT2D eigenvalue weighted by Gasteiger charge is 2.04. The summed E-state index contributed by atoms with van der Waals surface area (Å²) in [5.41, 5.74) is 1.56. The van der Waals surface area contributed by atoms with Crippen LogP contribution in [0, 0.1) is 6.92 Å². The zero-order chi connectivity index (χ0) is 15.2. The molecule has 0 aliphatic heterocycles. The van der Waals surface area contributed by atoms with E-state index in [9.17, 15) is 4.79 Å². The number of nitrogens with zero attached hydrogens (tertiary/aromatic N) is 1. The van der Waals surface area contributed by atoms with Crippen molar-refractivity contribution in [2.75, 3.05) is 11.1 Å². The summed E-state index contributed by atoms with van der Waals surface area (Å²) in [5.74, 6) is 1.53. The zero-order valence-corrected chi connectivity index (χ0v) is 13.1. The molecule has 1 aromatic heterocycles. The Morgan fingerprint density at radius 1 is 1.38 bits per heavy atom. The van der Waals surface area contributed by atoms with E-state index in [-0.39, 0.29) is 5.91 Å². The second kappa shape index (κ2) is 7.33. The van der Waals surface area contributed by atoms with Gasteiger partial charge in [-0.15, -0.1) is 0 Å². The molecule has 0 aliphatic carbocycles.